The van der Waals surface area contributed by atoms with Crippen molar-refractivity contribution in [2.75, 3.05) is 43.6 Å². The van der Waals surface area contributed by atoms with Crippen LogP contribution >= 0.6 is 0 Å². The lowest BCUT2D eigenvalue weighted by molar-refractivity contribution is -0.136. The molecule has 2 aliphatic heterocycles. The maximum absolute atomic E-state index is 12.1. The number of ether oxygens (including phenoxy) is 2. The minimum Gasteiger partial charge on any atom is -0.486 e. The van der Waals surface area contributed by atoms with Crippen molar-refractivity contribution in [1.29, 1.82) is 0 Å². The van der Waals surface area contributed by atoms with E-state index in [0.717, 1.165) is 18.7 Å². The molecule has 29 heavy (non-hydrogen) atoms. The first-order valence-electron chi connectivity index (χ1n) is 9.52. The summed E-state index contributed by atoms with van der Waals surface area (Å²) in [7, 11) is 2.03. The highest BCUT2D eigenvalue weighted by Gasteiger charge is 2.20. The summed E-state index contributed by atoms with van der Waals surface area (Å²) >= 11 is 0. The summed E-state index contributed by atoms with van der Waals surface area (Å²) in [6.07, 6.45) is 0.0358. The number of aliphatic hydroxyl groups excluding tert-OH is 1. The van der Waals surface area contributed by atoms with E-state index in [1.54, 1.807) is 18.2 Å². The summed E-state index contributed by atoms with van der Waals surface area (Å²) in [4.78, 5) is 26.4. The van der Waals surface area contributed by atoms with Crippen molar-refractivity contribution in [3.8, 4) is 11.5 Å². The van der Waals surface area contributed by atoms with Gasteiger partial charge in [0.25, 0.3) is 0 Å². The Morgan fingerprint density at radius 1 is 1.10 bits per heavy atom. The van der Waals surface area contributed by atoms with Crippen LogP contribution in [0.4, 0.5) is 11.4 Å². The minimum atomic E-state index is -0.891. The van der Waals surface area contributed by atoms with Gasteiger partial charge in [0.1, 0.15) is 13.2 Å². The summed E-state index contributed by atoms with van der Waals surface area (Å²) in [5.41, 5.74) is 3.47. The van der Waals surface area contributed by atoms with Crippen LogP contribution in [0, 0.1) is 0 Å². The Kier molecular flexibility index (Phi) is 5.26. The van der Waals surface area contributed by atoms with E-state index in [0.29, 0.717) is 36.0 Å². The van der Waals surface area contributed by atoms with Gasteiger partial charge in [0.15, 0.2) is 11.5 Å². The Morgan fingerprint density at radius 3 is 2.72 bits per heavy atom. The Bertz CT molecular complexity index is 946. The third-order valence-corrected chi connectivity index (χ3v) is 5.08. The summed E-state index contributed by atoms with van der Waals surface area (Å²) in [5.74, 6) is -0.515. The number of carbonyl (C=O) groups excluding carboxylic acids is 2. The van der Waals surface area contributed by atoms with Crippen LogP contribution in [0.1, 0.15) is 17.2 Å². The van der Waals surface area contributed by atoms with Gasteiger partial charge in [-0.15, -0.1) is 0 Å². The molecule has 2 aromatic rings. The molecule has 2 heterocycles. The van der Waals surface area contributed by atoms with Gasteiger partial charge in [-0.3, -0.25) is 9.59 Å². The number of carbonyl (C=O) groups is 2. The molecule has 2 aromatic carbocycles. The normalized spacial score (nSPS) is 15.4. The lowest BCUT2D eigenvalue weighted by Gasteiger charge is -2.19. The van der Waals surface area contributed by atoms with E-state index in [9.17, 15) is 14.7 Å². The van der Waals surface area contributed by atoms with Crippen molar-refractivity contribution < 1.29 is 24.2 Å². The van der Waals surface area contributed by atoms with Crippen molar-refractivity contribution in [2.45, 2.75) is 12.5 Å². The zero-order valence-electron chi connectivity index (χ0n) is 16.1. The number of rotatable bonds is 4. The summed E-state index contributed by atoms with van der Waals surface area (Å²) < 4.78 is 10.9. The van der Waals surface area contributed by atoms with Crippen molar-refractivity contribution in [3.05, 3.63) is 47.5 Å². The maximum atomic E-state index is 12.1. The molecule has 152 valence electrons. The number of hydrogen-bond acceptors (Lipinski definition) is 6. The SMILES string of the molecule is CN1CCc2cc([C@@H](O)CNC(=O)C(=O)Nc3ccc4c(c3)OCCO4)ccc21. The van der Waals surface area contributed by atoms with E-state index in [1.807, 2.05) is 25.2 Å². The molecule has 0 saturated carbocycles. The topological polar surface area (TPSA) is 100 Å². The fraction of sp³-hybridized carbons (Fsp3) is 0.333. The molecule has 0 radical (unpaired) electrons. The molecule has 0 bridgehead atoms. The average molecular weight is 397 g/mol. The van der Waals surface area contributed by atoms with Crippen LogP contribution in [-0.4, -0.2) is 50.3 Å². The Morgan fingerprint density at radius 2 is 1.90 bits per heavy atom. The molecule has 3 N–H and O–H groups in total. The van der Waals surface area contributed by atoms with Crippen LogP contribution in [0.25, 0.3) is 0 Å². The summed E-state index contributed by atoms with van der Waals surface area (Å²) in [6.45, 7) is 1.81. The van der Waals surface area contributed by atoms with Gasteiger partial charge >= 0.3 is 11.8 Å². The predicted octanol–water partition coefficient (Wildman–Crippen LogP) is 1.24. The molecule has 2 amide bonds. The number of aliphatic hydroxyl groups is 1. The minimum absolute atomic E-state index is 0.0536. The van der Waals surface area contributed by atoms with Gasteiger partial charge in [-0.1, -0.05) is 12.1 Å². The maximum Gasteiger partial charge on any atom is 0.313 e. The number of hydrogen-bond donors (Lipinski definition) is 3. The monoisotopic (exact) mass is 397 g/mol. The third kappa shape index (κ3) is 4.12. The molecule has 8 nitrogen and oxygen atoms in total. The Labute approximate surface area is 168 Å². The highest BCUT2D eigenvalue weighted by atomic mass is 16.6. The second-order valence-electron chi connectivity index (χ2n) is 7.10. The molecule has 0 saturated heterocycles. The van der Waals surface area contributed by atoms with Crippen molar-refractivity contribution >= 4 is 23.2 Å². The molecule has 0 aliphatic carbocycles. The molecule has 2 aliphatic rings. The highest BCUT2D eigenvalue weighted by molar-refractivity contribution is 6.39. The number of nitrogens with one attached hydrogen (secondary N) is 2. The molecule has 8 heteroatoms. The largest absolute Gasteiger partial charge is 0.486 e. The molecular weight excluding hydrogens is 374 g/mol. The lowest BCUT2D eigenvalue weighted by atomic mass is 10.0. The summed E-state index contributed by atoms with van der Waals surface area (Å²) in [6, 6.07) is 10.7. The third-order valence-electron chi connectivity index (χ3n) is 5.08. The van der Waals surface area contributed by atoms with Crippen LogP contribution in [0.5, 0.6) is 11.5 Å². The molecule has 0 aromatic heterocycles. The fourth-order valence-corrected chi connectivity index (χ4v) is 3.49. The Hall–Kier alpha value is -3.26. The fourth-order valence-electron chi connectivity index (χ4n) is 3.49. The number of benzene rings is 2. The van der Waals surface area contributed by atoms with Gasteiger partial charge in [0.2, 0.25) is 0 Å². The highest BCUT2D eigenvalue weighted by Crippen LogP contribution is 2.32. The van der Waals surface area contributed by atoms with Crippen molar-refractivity contribution in [1.82, 2.24) is 5.32 Å². The van der Waals surface area contributed by atoms with E-state index in [-0.39, 0.29) is 6.54 Å². The molecule has 4 rings (SSSR count). The molecule has 0 fully saturated rings. The quantitative estimate of drug-likeness (QED) is 0.672. The van der Waals surface area contributed by atoms with Crippen LogP contribution in [0.15, 0.2) is 36.4 Å². The number of amides is 2. The lowest BCUT2D eigenvalue weighted by Crippen LogP contribution is -2.37. The average Bonchev–Trinajstić information content (AvgIpc) is 3.11. The zero-order valence-corrected chi connectivity index (χ0v) is 16.1. The number of fused-ring (bicyclic) bond motifs is 2. The predicted molar refractivity (Wildman–Crippen MR) is 107 cm³/mol. The van der Waals surface area contributed by atoms with Gasteiger partial charge in [-0.25, -0.2) is 0 Å². The molecular formula is C21H23N3O5. The van der Waals surface area contributed by atoms with E-state index < -0.39 is 17.9 Å². The number of anilines is 2. The first-order valence-corrected chi connectivity index (χ1v) is 9.52. The van der Waals surface area contributed by atoms with Crippen LogP contribution < -0.4 is 25.0 Å². The molecule has 0 spiro atoms. The second kappa shape index (κ2) is 8.00. The first kappa shape index (κ1) is 19.1. The molecule has 0 unspecified atom stereocenters. The van der Waals surface area contributed by atoms with E-state index in [4.69, 9.17) is 9.47 Å². The summed E-state index contributed by atoms with van der Waals surface area (Å²) in [5, 5.41) is 15.4. The van der Waals surface area contributed by atoms with Crippen LogP contribution in [-0.2, 0) is 16.0 Å². The van der Waals surface area contributed by atoms with Crippen molar-refractivity contribution in [3.63, 3.8) is 0 Å². The van der Waals surface area contributed by atoms with Gasteiger partial charge in [-0.05, 0) is 35.7 Å². The van der Waals surface area contributed by atoms with E-state index >= 15 is 0 Å². The van der Waals surface area contributed by atoms with Crippen LogP contribution in [0.3, 0.4) is 0 Å². The smallest absolute Gasteiger partial charge is 0.313 e. The van der Waals surface area contributed by atoms with Gasteiger partial charge in [0, 0.05) is 37.6 Å². The first-order chi connectivity index (χ1) is 14.0. The van der Waals surface area contributed by atoms with Gasteiger partial charge < -0.3 is 30.1 Å². The van der Waals surface area contributed by atoms with Crippen molar-refractivity contribution in [2.24, 2.45) is 0 Å². The molecule has 1 atom stereocenters. The number of likely N-dealkylation sites (N-methyl/N-ethyl adjacent to an activating group) is 1. The Balaban J connectivity index is 1.31. The van der Waals surface area contributed by atoms with Gasteiger partial charge in [-0.2, -0.15) is 0 Å². The standard InChI is InChI=1S/C21H23N3O5/c1-24-7-6-13-10-14(2-4-16(13)24)17(25)12-22-20(26)21(27)23-15-3-5-18-19(11-15)29-9-8-28-18/h2-5,10-11,17,25H,6-9,12H2,1H3,(H,22,26)(H,23,27)/t17-/m0/s1. The van der Waals surface area contributed by atoms with E-state index in [1.165, 1.54) is 5.56 Å². The second-order valence-corrected chi connectivity index (χ2v) is 7.10. The van der Waals surface area contributed by atoms with E-state index in [2.05, 4.69) is 15.5 Å². The number of nitrogens with zero attached hydrogens (tertiary/aromatic N) is 1. The van der Waals surface area contributed by atoms with Gasteiger partial charge in [0.05, 0.1) is 6.10 Å². The van der Waals surface area contributed by atoms with Crippen LogP contribution in [0.2, 0.25) is 0 Å². The zero-order chi connectivity index (χ0) is 20.4.